The first-order valence-corrected chi connectivity index (χ1v) is 6.59. The third-order valence-corrected chi connectivity index (χ3v) is 4.08. The fraction of sp³-hybridized carbons (Fsp3) is 0.800. The zero-order valence-corrected chi connectivity index (χ0v) is 11.5. The molecule has 0 N–H and O–H groups in total. The Bertz CT molecular complexity index is 221. The van der Waals surface area contributed by atoms with Crippen molar-refractivity contribution in [2.24, 2.45) is 10.8 Å². The molecule has 2 atom stereocenters. The third kappa shape index (κ3) is 3.47. The van der Waals surface area contributed by atoms with Gasteiger partial charge in [-0.2, -0.15) is 0 Å². The van der Waals surface area contributed by atoms with Gasteiger partial charge in [-0.15, -0.1) is 6.58 Å². The van der Waals surface area contributed by atoms with Crippen LogP contribution in [0.5, 0.6) is 0 Å². The van der Waals surface area contributed by atoms with E-state index >= 15 is 0 Å². The van der Waals surface area contributed by atoms with Crippen LogP contribution < -0.4 is 0 Å². The molecule has 1 nitrogen and oxygen atoms in total. The van der Waals surface area contributed by atoms with Crippen molar-refractivity contribution in [2.75, 3.05) is 0 Å². The smallest absolute Gasteiger partial charge is 0.126 e. The van der Waals surface area contributed by atoms with Crippen molar-refractivity contribution in [2.45, 2.75) is 66.2 Å². The van der Waals surface area contributed by atoms with Gasteiger partial charge in [0.25, 0.3) is 0 Å². The second-order valence-corrected chi connectivity index (χ2v) is 5.36. The van der Waals surface area contributed by atoms with Gasteiger partial charge in [0.2, 0.25) is 0 Å². The fourth-order valence-corrected chi connectivity index (χ4v) is 2.36. The molecule has 0 aromatic rings. The second kappa shape index (κ2) is 6.88. The summed E-state index contributed by atoms with van der Waals surface area (Å²) in [5, 5.41) is 0. The molecule has 0 unspecified atom stereocenters. The van der Waals surface area contributed by atoms with Crippen molar-refractivity contribution in [3.05, 3.63) is 12.7 Å². The molecule has 0 heterocycles. The Morgan fingerprint density at radius 2 is 1.62 bits per heavy atom. The molecule has 0 aromatic heterocycles. The molecule has 0 aliphatic rings. The standard InChI is InChI=1S/C15H28O/c1-6-9-10-12-15(5,13-16)14(4,8-3)11-7-2/h8,13H,3,6-7,9-12H2,1-2,4-5H3/t14-,15-/m0/s1. The molecule has 16 heavy (non-hydrogen) atoms. The van der Waals surface area contributed by atoms with Crippen molar-refractivity contribution >= 4 is 6.29 Å². The quantitative estimate of drug-likeness (QED) is 0.313. The first-order valence-electron chi connectivity index (χ1n) is 6.59. The summed E-state index contributed by atoms with van der Waals surface area (Å²) < 4.78 is 0. The molecule has 0 spiro atoms. The van der Waals surface area contributed by atoms with Gasteiger partial charge in [-0.25, -0.2) is 0 Å². The Morgan fingerprint density at radius 3 is 2.00 bits per heavy atom. The van der Waals surface area contributed by atoms with Gasteiger partial charge in [0, 0.05) is 5.41 Å². The predicted octanol–water partition coefficient (Wildman–Crippen LogP) is 4.76. The summed E-state index contributed by atoms with van der Waals surface area (Å²) in [7, 11) is 0. The molecule has 0 aliphatic heterocycles. The number of unbranched alkanes of at least 4 members (excludes halogenated alkanes) is 2. The van der Waals surface area contributed by atoms with Crippen molar-refractivity contribution in [3.8, 4) is 0 Å². The Labute approximate surface area is 101 Å². The van der Waals surface area contributed by atoms with E-state index in [1.807, 2.05) is 6.08 Å². The minimum Gasteiger partial charge on any atom is -0.303 e. The second-order valence-electron chi connectivity index (χ2n) is 5.36. The van der Waals surface area contributed by atoms with Crippen LogP contribution in [-0.4, -0.2) is 6.29 Å². The number of carbonyl (C=O) groups is 1. The van der Waals surface area contributed by atoms with E-state index in [1.54, 1.807) is 0 Å². The lowest BCUT2D eigenvalue weighted by molar-refractivity contribution is -0.121. The Balaban J connectivity index is 4.74. The maximum atomic E-state index is 11.5. The molecule has 0 rings (SSSR count). The molecule has 0 radical (unpaired) electrons. The average Bonchev–Trinajstić information content (AvgIpc) is 2.29. The number of rotatable bonds is 9. The summed E-state index contributed by atoms with van der Waals surface area (Å²) in [6, 6.07) is 0. The van der Waals surface area contributed by atoms with Crippen LogP contribution in [0.1, 0.15) is 66.2 Å². The van der Waals surface area contributed by atoms with Gasteiger partial charge in [-0.05, 0) is 18.3 Å². The maximum absolute atomic E-state index is 11.5. The fourth-order valence-electron chi connectivity index (χ4n) is 2.36. The van der Waals surface area contributed by atoms with Crippen LogP contribution >= 0.6 is 0 Å². The summed E-state index contributed by atoms with van der Waals surface area (Å²) in [4.78, 5) is 11.5. The van der Waals surface area contributed by atoms with E-state index in [4.69, 9.17) is 0 Å². The van der Waals surface area contributed by atoms with E-state index in [2.05, 4.69) is 34.3 Å². The van der Waals surface area contributed by atoms with Gasteiger partial charge in [-0.3, -0.25) is 0 Å². The number of hydrogen-bond donors (Lipinski definition) is 0. The van der Waals surface area contributed by atoms with Crippen LogP contribution in [-0.2, 0) is 4.79 Å². The van der Waals surface area contributed by atoms with Gasteiger partial charge >= 0.3 is 0 Å². The molecule has 0 aliphatic carbocycles. The highest BCUT2D eigenvalue weighted by Crippen LogP contribution is 2.45. The molecular formula is C15H28O. The molecule has 94 valence electrons. The van der Waals surface area contributed by atoms with E-state index in [0.717, 1.165) is 32.0 Å². The van der Waals surface area contributed by atoms with Gasteiger partial charge in [-0.1, -0.05) is 59.5 Å². The van der Waals surface area contributed by atoms with E-state index in [9.17, 15) is 4.79 Å². The Morgan fingerprint density at radius 1 is 1.00 bits per heavy atom. The SMILES string of the molecule is C=C[C@@](C)(CCC)[C@](C)(C=O)CCCCC. The maximum Gasteiger partial charge on any atom is 0.126 e. The number of hydrogen-bond acceptors (Lipinski definition) is 1. The lowest BCUT2D eigenvalue weighted by Gasteiger charge is -2.41. The molecule has 0 aromatic carbocycles. The number of aldehydes is 1. The van der Waals surface area contributed by atoms with Crippen LogP contribution in [0.4, 0.5) is 0 Å². The van der Waals surface area contributed by atoms with Crippen molar-refractivity contribution < 1.29 is 4.79 Å². The monoisotopic (exact) mass is 224 g/mol. The third-order valence-electron chi connectivity index (χ3n) is 4.08. The van der Waals surface area contributed by atoms with Gasteiger partial charge in [0.05, 0.1) is 0 Å². The molecule has 0 amide bonds. The average molecular weight is 224 g/mol. The molecule has 1 heteroatoms. The van der Waals surface area contributed by atoms with Crippen LogP contribution in [0.15, 0.2) is 12.7 Å². The summed E-state index contributed by atoms with van der Waals surface area (Å²) in [6.07, 6.45) is 9.80. The normalized spacial score (nSPS) is 18.5. The summed E-state index contributed by atoms with van der Waals surface area (Å²) in [5.74, 6) is 0. The molecule has 0 bridgehead atoms. The minimum atomic E-state index is -0.250. The lowest BCUT2D eigenvalue weighted by atomic mass is 9.62. The zero-order chi connectivity index (χ0) is 12.7. The van der Waals surface area contributed by atoms with Crippen LogP contribution in [0.3, 0.4) is 0 Å². The van der Waals surface area contributed by atoms with E-state index in [-0.39, 0.29) is 10.8 Å². The van der Waals surface area contributed by atoms with Crippen LogP contribution in [0, 0.1) is 10.8 Å². The highest BCUT2D eigenvalue weighted by atomic mass is 16.1. The zero-order valence-electron chi connectivity index (χ0n) is 11.5. The molecule has 0 saturated carbocycles. The van der Waals surface area contributed by atoms with Crippen molar-refractivity contribution in [1.82, 2.24) is 0 Å². The predicted molar refractivity (Wildman–Crippen MR) is 71.5 cm³/mol. The summed E-state index contributed by atoms with van der Waals surface area (Å²) >= 11 is 0. The highest BCUT2D eigenvalue weighted by molar-refractivity contribution is 5.61. The number of carbonyl (C=O) groups excluding carboxylic acids is 1. The molecule has 0 saturated heterocycles. The minimum absolute atomic E-state index is 0.0583. The molecule has 0 fully saturated rings. The first kappa shape index (κ1) is 15.4. The molecular weight excluding hydrogens is 196 g/mol. The van der Waals surface area contributed by atoms with Crippen LogP contribution in [0.25, 0.3) is 0 Å². The van der Waals surface area contributed by atoms with Gasteiger partial charge < -0.3 is 4.79 Å². The lowest BCUT2D eigenvalue weighted by Crippen LogP contribution is -2.37. The largest absolute Gasteiger partial charge is 0.303 e. The summed E-state index contributed by atoms with van der Waals surface area (Å²) in [6.45, 7) is 12.6. The Kier molecular flexibility index (Phi) is 6.62. The van der Waals surface area contributed by atoms with Crippen LogP contribution in [0.2, 0.25) is 0 Å². The van der Waals surface area contributed by atoms with Crippen molar-refractivity contribution in [1.29, 1.82) is 0 Å². The van der Waals surface area contributed by atoms with E-state index in [0.29, 0.717) is 0 Å². The van der Waals surface area contributed by atoms with E-state index < -0.39 is 0 Å². The topological polar surface area (TPSA) is 17.1 Å². The van der Waals surface area contributed by atoms with Gasteiger partial charge in [0.15, 0.2) is 0 Å². The van der Waals surface area contributed by atoms with Gasteiger partial charge in [0.1, 0.15) is 6.29 Å². The van der Waals surface area contributed by atoms with Crippen molar-refractivity contribution in [3.63, 3.8) is 0 Å². The highest BCUT2D eigenvalue weighted by Gasteiger charge is 2.40. The van der Waals surface area contributed by atoms with E-state index in [1.165, 1.54) is 12.8 Å². The summed E-state index contributed by atoms with van der Waals surface area (Å²) in [5.41, 5.74) is -0.308. The first-order chi connectivity index (χ1) is 7.49. The Hall–Kier alpha value is -0.590. The number of allylic oxidation sites excluding steroid dienone is 1.